The van der Waals surface area contributed by atoms with E-state index in [1.54, 1.807) is 0 Å². The molecule has 2 fully saturated rings. The van der Waals surface area contributed by atoms with E-state index in [9.17, 15) is 9.90 Å². The molecule has 3 aromatic carbocycles. The van der Waals surface area contributed by atoms with E-state index in [0.717, 1.165) is 5.56 Å². The number of rotatable bonds is 4. The van der Waals surface area contributed by atoms with Crippen molar-refractivity contribution < 1.29 is 19.4 Å². The highest BCUT2D eigenvalue weighted by Crippen LogP contribution is 2.45. The number of ether oxygens (including phenoxy) is 2. The lowest BCUT2D eigenvalue weighted by Gasteiger charge is -2.51. The molecule has 0 radical (unpaired) electrons. The Bertz CT molecular complexity index is 1270. The first-order valence-corrected chi connectivity index (χ1v) is 16.8. The smallest absolute Gasteiger partial charge is 0.410 e. The fourth-order valence-electron chi connectivity index (χ4n) is 6.45. The SMILES string of the molecule is C[Si](C)(C)c1cccc(C2(O)CC3COCC(C2)N3C(=O)OCC2c3ccccc3-c3ccccc32)c1. The standard InChI is InChI=1S/C31H35NO4Si/c1-37(2,3)24-10-8-9-21(15-24)31(34)16-22-18-35-19-23(17-31)32(22)30(33)36-20-29-27-13-6-4-11-25(27)26-12-5-7-14-28(26)29/h4-15,22-23,29,34H,16-20H2,1-3H3. The molecule has 6 heteroatoms. The molecule has 37 heavy (non-hydrogen) atoms. The number of carbonyl (C=O) groups is 1. The lowest BCUT2D eigenvalue weighted by Crippen LogP contribution is -2.62. The van der Waals surface area contributed by atoms with E-state index in [1.807, 2.05) is 23.1 Å². The van der Waals surface area contributed by atoms with Crippen molar-refractivity contribution in [2.75, 3.05) is 19.8 Å². The Morgan fingerprint density at radius 3 is 2.14 bits per heavy atom. The molecule has 3 aliphatic rings. The predicted molar refractivity (Wildman–Crippen MR) is 148 cm³/mol. The third kappa shape index (κ3) is 4.31. The zero-order chi connectivity index (χ0) is 25.8. The monoisotopic (exact) mass is 513 g/mol. The number of carbonyl (C=O) groups excluding carboxylic acids is 1. The van der Waals surface area contributed by atoms with Gasteiger partial charge in [0.15, 0.2) is 0 Å². The summed E-state index contributed by atoms with van der Waals surface area (Å²) in [5, 5.41) is 13.2. The lowest BCUT2D eigenvalue weighted by molar-refractivity contribution is -0.136. The second kappa shape index (κ2) is 9.12. The minimum atomic E-state index is -1.52. The number of benzene rings is 3. The van der Waals surface area contributed by atoms with Gasteiger partial charge in [-0.1, -0.05) is 97.6 Å². The van der Waals surface area contributed by atoms with E-state index in [-0.39, 0.29) is 24.1 Å². The first kappa shape index (κ1) is 24.4. The Kier molecular flexibility index (Phi) is 6.01. The van der Waals surface area contributed by atoms with Gasteiger partial charge in [0.2, 0.25) is 0 Å². The number of amides is 1. The van der Waals surface area contributed by atoms with Crippen molar-refractivity contribution in [1.82, 2.24) is 4.90 Å². The molecule has 1 amide bonds. The van der Waals surface area contributed by atoms with Crippen molar-refractivity contribution in [3.63, 3.8) is 0 Å². The quantitative estimate of drug-likeness (QED) is 0.485. The summed E-state index contributed by atoms with van der Waals surface area (Å²) in [7, 11) is -1.52. The summed E-state index contributed by atoms with van der Waals surface area (Å²) >= 11 is 0. The first-order valence-electron chi connectivity index (χ1n) is 13.3. The average Bonchev–Trinajstić information content (AvgIpc) is 3.20. The maximum absolute atomic E-state index is 13.5. The molecule has 0 aromatic heterocycles. The minimum Gasteiger partial charge on any atom is -0.448 e. The molecule has 1 N–H and O–H groups in total. The second-order valence-corrected chi connectivity index (χ2v) is 16.9. The Balaban J connectivity index is 1.20. The molecule has 192 valence electrons. The number of morpholine rings is 1. The van der Waals surface area contributed by atoms with Crippen molar-refractivity contribution >= 4 is 19.4 Å². The van der Waals surface area contributed by atoms with Gasteiger partial charge in [-0.25, -0.2) is 4.79 Å². The lowest BCUT2D eigenvalue weighted by atomic mass is 9.77. The first-order chi connectivity index (χ1) is 17.7. The Hall–Kier alpha value is -2.93. The Morgan fingerprint density at radius 2 is 1.54 bits per heavy atom. The Morgan fingerprint density at radius 1 is 0.946 bits per heavy atom. The molecule has 6 rings (SSSR count). The van der Waals surface area contributed by atoms with Crippen LogP contribution in [0.15, 0.2) is 72.8 Å². The van der Waals surface area contributed by atoms with Crippen molar-refractivity contribution in [1.29, 1.82) is 0 Å². The summed E-state index contributed by atoms with van der Waals surface area (Å²) in [5.74, 6) is 0.0264. The van der Waals surface area contributed by atoms with Crippen LogP contribution >= 0.6 is 0 Å². The van der Waals surface area contributed by atoms with E-state index >= 15 is 0 Å². The summed E-state index contributed by atoms with van der Waals surface area (Å²) in [6.45, 7) is 8.08. The van der Waals surface area contributed by atoms with Crippen LogP contribution in [0.2, 0.25) is 19.6 Å². The zero-order valence-corrected chi connectivity index (χ0v) is 22.8. The molecule has 5 nitrogen and oxygen atoms in total. The Labute approximate surface area is 220 Å². The maximum atomic E-state index is 13.5. The molecule has 0 saturated carbocycles. The molecule has 3 aromatic rings. The van der Waals surface area contributed by atoms with Crippen LogP contribution in [0, 0.1) is 0 Å². The van der Waals surface area contributed by atoms with Crippen LogP contribution in [0.25, 0.3) is 11.1 Å². The van der Waals surface area contributed by atoms with Crippen molar-refractivity contribution in [2.24, 2.45) is 0 Å². The highest BCUT2D eigenvalue weighted by Gasteiger charge is 2.49. The molecule has 2 saturated heterocycles. The van der Waals surface area contributed by atoms with Gasteiger partial charge in [0, 0.05) is 18.8 Å². The van der Waals surface area contributed by atoms with Crippen LogP contribution in [0.3, 0.4) is 0 Å². The summed E-state index contributed by atoms with van der Waals surface area (Å²) < 4.78 is 11.8. The number of fused-ring (bicyclic) bond motifs is 5. The molecule has 2 bridgehead atoms. The van der Waals surface area contributed by atoms with Crippen LogP contribution in [0.4, 0.5) is 4.79 Å². The van der Waals surface area contributed by atoms with Crippen molar-refractivity contribution in [3.05, 3.63) is 89.5 Å². The van der Waals surface area contributed by atoms with E-state index in [2.05, 4.69) is 74.2 Å². The summed E-state index contributed by atoms with van der Waals surface area (Å²) in [6, 6.07) is 24.8. The average molecular weight is 514 g/mol. The summed E-state index contributed by atoms with van der Waals surface area (Å²) in [5.41, 5.74) is 4.82. The van der Waals surface area contributed by atoms with Crippen LogP contribution in [-0.4, -0.2) is 56.1 Å². The van der Waals surface area contributed by atoms with E-state index < -0.39 is 13.7 Å². The molecule has 0 spiro atoms. The van der Waals surface area contributed by atoms with Gasteiger partial charge < -0.3 is 14.6 Å². The van der Waals surface area contributed by atoms with Crippen LogP contribution in [0.1, 0.15) is 35.4 Å². The highest BCUT2D eigenvalue weighted by molar-refractivity contribution is 6.88. The van der Waals surface area contributed by atoms with Gasteiger partial charge in [-0.3, -0.25) is 4.90 Å². The van der Waals surface area contributed by atoms with E-state index in [4.69, 9.17) is 9.47 Å². The van der Waals surface area contributed by atoms with Gasteiger partial charge in [-0.15, -0.1) is 0 Å². The normalized spacial score (nSPS) is 24.9. The zero-order valence-electron chi connectivity index (χ0n) is 21.8. The van der Waals surface area contributed by atoms with Crippen LogP contribution in [-0.2, 0) is 15.1 Å². The van der Waals surface area contributed by atoms with E-state index in [1.165, 1.54) is 27.4 Å². The van der Waals surface area contributed by atoms with Crippen molar-refractivity contribution in [3.8, 4) is 11.1 Å². The molecular formula is C31H35NO4Si. The molecule has 2 unspecified atom stereocenters. The van der Waals surface area contributed by atoms with Crippen LogP contribution < -0.4 is 5.19 Å². The van der Waals surface area contributed by atoms with Crippen molar-refractivity contribution in [2.45, 2.75) is 56.1 Å². The number of aliphatic hydroxyl groups is 1. The van der Waals surface area contributed by atoms with Crippen LogP contribution in [0.5, 0.6) is 0 Å². The van der Waals surface area contributed by atoms with Gasteiger partial charge >= 0.3 is 6.09 Å². The molecular weight excluding hydrogens is 478 g/mol. The second-order valence-electron chi connectivity index (χ2n) is 11.8. The van der Waals surface area contributed by atoms with Gasteiger partial charge in [0.25, 0.3) is 0 Å². The third-order valence-electron chi connectivity index (χ3n) is 8.37. The predicted octanol–water partition coefficient (Wildman–Crippen LogP) is 5.23. The molecule has 2 aliphatic heterocycles. The summed E-state index contributed by atoms with van der Waals surface area (Å²) in [4.78, 5) is 15.3. The van der Waals surface area contributed by atoms with E-state index in [0.29, 0.717) is 32.7 Å². The van der Waals surface area contributed by atoms with Gasteiger partial charge in [0.1, 0.15) is 6.61 Å². The highest BCUT2D eigenvalue weighted by atomic mass is 28.3. The van der Waals surface area contributed by atoms with Gasteiger partial charge in [-0.2, -0.15) is 0 Å². The number of nitrogens with zero attached hydrogens (tertiary/aromatic N) is 1. The largest absolute Gasteiger partial charge is 0.448 e. The molecule has 2 atom stereocenters. The minimum absolute atomic E-state index is 0.0264. The number of hydrogen-bond donors (Lipinski definition) is 1. The molecule has 2 heterocycles. The van der Waals surface area contributed by atoms with Gasteiger partial charge in [-0.05, 0) is 27.8 Å². The van der Waals surface area contributed by atoms with Gasteiger partial charge in [0.05, 0.1) is 39.0 Å². The number of piperidine rings is 1. The summed E-state index contributed by atoms with van der Waals surface area (Å²) in [6.07, 6.45) is 0.587. The fraction of sp³-hybridized carbons (Fsp3) is 0.387. The molecule has 1 aliphatic carbocycles. The maximum Gasteiger partial charge on any atom is 0.410 e. The topological polar surface area (TPSA) is 59.0 Å². The fourth-order valence-corrected chi connectivity index (χ4v) is 7.64. The third-order valence-corrected chi connectivity index (χ3v) is 10.4. The number of hydrogen-bond acceptors (Lipinski definition) is 4.